The summed E-state index contributed by atoms with van der Waals surface area (Å²) in [7, 11) is 0. The van der Waals surface area contributed by atoms with Crippen molar-refractivity contribution in [2.45, 2.75) is 38.8 Å². The van der Waals surface area contributed by atoms with Crippen LogP contribution in [0.3, 0.4) is 0 Å². The van der Waals surface area contributed by atoms with Crippen molar-refractivity contribution >= 4 is 0 Å². The standard InChI is InChI=1S/C16H27N3O2/c1-4-16(3,19-6-8-20-9-7-19)15(17)13-10-14(21-5-2)12-18-11-13/h10-12,15H,4-9,17H2,1-3H3. The van der Waals surface area contributed by atoms with Crippen LogP contribution in [0.15, 0.2) is 18.5 Å². The van der Waals surface area contributed by atoms with E-state index >= 15 is 0 Å². The van der Waals surface area contributed by atoms with Gasteiger partial charge in [0.05, 0.1) is 26.0 Å². The Morgan fingerprint density at radius 2 is 2.10 bits per heavy atom. The van der Waals surface area contributed by atoms with E-state index in [0.717, 1.165) is 44.0 Å². The molecule has 2 atom stereocenters. The van der Waals surface area contributed by atoms with E-state index in [1.807, 2.05) is 19.2 Å². The van der Waals surface area contributed by atoms with Crippen LogP contribution in [0.1, 0.15) is 38.8 Å². The maximum absolute atomic E-state index is 6.60. The lowest BCUT2D eigenvalue weighted by Gasteiger charge is -2.46. The van der Waals surface area contributed by atoms with Crippen molar-refractivity contribution in [2.75, 3.05) is 32.9 Å². The van der Waals surface area contributed by atoms with Gasteiger partial charge in [0, 0.05) is 30.9 Å². The Balaban J connectivity index is 2.21. The number of nitrogens with zero attached hydrogens (tertiary/aromatic N) is 2. The quantitative estimate of drug-likeness (QED) is 0.869. The summed E-state index contributed by atoms with van der Waals surface area (Å²) in [6.07, 6.45) is 4.56. The van der Waals surface area contributed by atoms with Gasteiger partial charge >= 0.3 is 0 Å². The minimum absolute atomic E-state index is 0.101. The molecule has 21 heavy (non-hydrogen) atoms. The fourth-order valence-corrected chi connectivity index (χ4v) is 2.92. The minimum Gasteiger partial charge on any atom is -0.492 e. The van der Waals surface area contributed by atoms with Crippen molar-refractivity contribution in [3.8, 4) is 5.75 Å². The number of rotatable bonds is 6. The molecule has 1 aromatic rings. The fraction of sp³-hybridized carbons (Fsp3) is 0.688. The molecule has 5 heteroatoms. The summed E-state index contributed by atoms with van der Waals surface area (Å²) in [5, 5.41) is 0. The highest BCUT2D eigenvalue weighted by Crippen LogP contribution is 2.33. The summed E-state index contributed by atoms with van der Waals surface area (Å²) < 4.78 is 11.0. The third-order valence-electron chi connectivity index (χ3n) is 4.52. The Hall–Kier alpha value is -1.17. The molecular weight excluding hydrogens is 266 g/mol. The van der Waals surface area contributed by atoms with E-state index in [2.05, 4.69) is 23.7 Å². The maximum atomic E-state index is 6.60. The highest BCUT2D eigenvalue weighted by molar-refractivity contribution is 5.28. The molecule has 0 spiro atoms. The van der Waals surface area contributed by atoms with Crippen LogP contribution in [0.2, 0.25) is 0 Å². The van der Waals surface area contributed by atoms with Gasteiger partial charge in [-0.25, -0.2) is 0 Å². The zero-order valence-electron chi connectivity index (χ0n) is 13.3. The van der Waals surface area contributed by atoms with Gasteiger partial charge in [-0.1, -0.05) is 6.92 Å². The van der Waals surface area contributed by atoms with E-state index < -0.39 is 0 Å². The lowest BCUT2D eigenvalue weighted by molar-refractivity contribution is -0.0278. The molecule has 1 fully saturated rings. The predicted molar refractivity (Wildman–Crippen MR) is 83.4 cm³/mol. The topological polar surface area (TPSA) is 60.6 Å². The summed E-state index contributed by atoms with van der Waals surface area (Å²) >= 11 is 0. The monoisotopic (exact) mass is 293 g/mol. The van der Waals surface area contributed by atoms with Crippen molar-refractivity contribution in [2.24, 2.45) is 5.73 Å². The van der Waals surface area contributed by atoms with Gasteiger partial charge < -0.3 is 15.2 Å². The third-order valence-corrected chi connectivity index (χ3v) is 4.52. The first-order chi connectivity index (χ1) is 10.1. The number of ether oxygens (including phenoxy) is 2. The largest absolute Gasteiger partial charge is 0.492 e. The summed E-state index contributed by atoms with van der Waals surface area (Å²) in [5.74, 6) is 0.783. The van der Waals surface area contributed by atoms with Crippen LogP contribution in [0.4, 0.5) is 0 Å². The third kappa shape index (κ3) is 3.54. The molecule has 0 aromatic carbocycles. The van der Waals surface area contributed by atoms with Crippen LogP contribution in [-0.4, -0.2) is 48.3 Å². The van der Waals surface area contributed by atoms with E-state index in [1.165, 1.54) is 0 Å². The molecule has 0 saturated carbocycles. The van der Waals surface area contributed by atoms with Crippen molar-refractivity contribution in [1.82, 2.24) is 9.88 Å². The van der Waals surface area contributed by atoms with E-state index in [4.69, 9.17) is 15.2 Å². The molecule has 0 aliphatic carbocycles. The highest BCUT2D eigenvalue weighted by atomic mass is 16.5. The first-order valence-electron chi connectivity index (χ1n) is 7.78. The fourth-order valence-electron chi connectivity index (χ4n) is 2.92. The molecule has 2 unspecified atom stereocenters. The average molecular weight is 293 g/mol. The maximum Gasteiger partial charge on any atom is 0.137 e. The Morgan fingerprint density at radius 3 is 2.71 bits per heavy atom. The van der Waals surface area contributed by atoms with Gasteiger partial charge in [0.1, 0.15) is 5.75 Å². The molecule has 2 N–H and O–H groups in total. The molecule has 1 aliphatic heterocycles. The van der Waals surface area contributed by atoms with Gasteiger partial charge in [0.2, 0.25) is 0 Å². The van der Waals surface area contributed by atoms with Gasteiger partial charge in [-0.3, -0.25) is 9.88 Å². The van der Waals surface area contributed by atoms with Crippen LogP contribution in [0, 0.1) is 0 Å². The molecule has 2 heterocycles. The van der Waals surface area contributed by atoms with E-state index in [1.54, 1.807) is 6.20 Å². The van der Waals surface area contributed by atoms with E-state index in [-0.39, 0.29) is 11.6 Å². The number of nitrogens with two attached hydrogens (primary N) is 1. The zero-order chi connectivity index (χ0) is 15.3. The number of pyridine rings is 1. The summed E-state index contributed by atoms with van der Waals surface area (Å²) in [4.78, 5) is 6.71. The molecule has 1 aromatic heterocycles. The molecule has 2 rings (SSSR count). The van der Waals surface area contributed by atoms with Crippen LogP contribution in [-0.2, 0) is 4.74 Å². The Kier molecular flexibility index (Phi) is 5.56. The first kappa shape index (κ1) is 16.2. The molecule has 1 aliphatic rings. The normalized spacial score (nSPS) is 20.8. The number of hydrogen-bond donors (Lipinski definition) is 1. The first-order valence-corrected chi connectivity index (χ1v) is 7.78. The molecule has 118 valence electrons. The van der Waals surface area contributed by atoms with Gasteiger partial charge in [0.25, 0.3) is 0 Å². The second kappa shape index (κ2) is 7.20. The zero-order valence-corrected chi connectivity index (χ0v) is 13.3. The van der Waals surface area contributed by atoms with Gasteiger partial charge in [-0.05, 0) is 31.9 Å². The van der Waals surface area contributed by atoms with Crippen LogP contribution in [0.5, 0.6) is 5.75 Å². The molecule has 1 saturated heterocycles. The van der Waals surface area contributed by atoms with Crippen LogP contribution >= 0.6 is 0 Å². The van der Waals surface area contributed by atoms with Gasteiger partial charge in [-0.15, -0.1) is 0 Å². The van der Waals surface area contributed by atoms with Crippen molar-refractivity contribution < 1.29 is 9.47 Å². The summed E-state index contributed by atoms with van der Waals surface area (Å²) in [5.41, 5.74) is 7.53. The summed E-state index contributed by atoms with van der Waals surface area (Å²) in [6, 6.07) is 1.91. The molecule has 0 amide bonds. The second-order valence-corrected chi connectivity index (χ2v) is 5.67. The molecule has 0 bridgehead atoms. The number of hydrogen-bond acceptors (Lipinski definition) is 5. The smallest absolute Gasteiger partial charge is 0.137 e. The van der Waals surface area contributed by atoms with Gasteiger partial charge in [0.15, 0.2) is 0 Å². The number of aromatic nitrogens is 1. The highest BCUT2D eigenvalue weighted by Gasteiger charge is 2.38. The Bertz CT molecular complexity index is 449. The number of morpholine rings is 1. The SMILES string of the molecule is CCOc1cncc(C(N)C(C)(CC)N2CCOCC2)c1. The Morgan fingerprint density at radius 1 is 1.38 bits per heavy atom. The lowest BCUT2D eigenvalue weighted by atomic mass is 9.83. The average Bonchev–Trinajstić information content (AvgIpc) is 2.55. The predicted octanol–water partition coefficient (Wildman–Crippen LogP) is 1.98. The lowest BCUT2D eigenvalue weighted by Crippen LogP contribution is -2.56. The Labute approximate surface area is 127 Å². The molecular formula is C16H27N3O2. The van der Waals surface area contributed by atoms with Crippen molar-refractivity contribution in [3.63, 3.8) is 0 Å². The summed E-state index contributed by atoms with van der Waals surface area (Å²) in [6.45, 7) is 10.4. The second-order valence-electron chi connectivity index (χ2n) is 5.67. The van der Waals surface area contributed by atoms with E-state index in [0.29, 0.717) is 6.61 Å². The van der Waals surface area contributed by atoms with Crippen LogP contribution in [0.25, 0.3) is 0 Å². The molecule has 0 radical (unpaired) electrons. The van der Waals surface area contributed by atoms with E-state index in [9.17, 15) is 0 Å². The van der Waals surface area contributed by atoms with Crippen LogP contribution < -0.4 is 10.5 Å². The minimum atomic E-state index is -0.103. The van der Waals surface area contributed by atoms with Crippen molar-refractivity contribution in [3.05, 3.63) is 24.0 Å². The van der Waals surface area contributed by atoms with Gasteiger partial charge in [-0.2, -0.15) is 0 Å². The molecule has 5 nitrogen and oxygen atoms in total. The van der Waals surface area contributed by atoms with Crippen molar-refractivity contribution in [1.29, 1.82) is 0 Å².